The van der Waals surface area contributed by atoms with Crippen molar-refractivity contribution < 1.29 is 9.18 Å². The van der Waals surface area contributed by atoms with Crippen LogP contribution in [0.5, 0.6) is 0 Å². The van der Waals surface area contributed by atoms with Crippen LogP contribution in [0.2, 0.25) is 0 Å². The number of hydrogen-bond acceptors (Lipinski definition) is 2. The fourth-order valence-electron chi connectivity index (χ4n) is 6.74. The standard InChI is InChI=1S/C36H37FN2O/c1-24-16-17-27-18-19-38(36(35(27)26(24)3)32-14-8-4-10-25(32)2)23-34(40)39(22-30-13-7-9-15-33(30)37)31-20-28-11-5-6-12-29(28)21-31/h4-17,31,36H,18-23H2,1-3H3/t36-/m1/s1. The van der Waals surface area contributed by atoms with Crippen LogP contribution in [0.15, 0.2) is 84.9 Å². The summed E-state index contributed by atoms with van der Waals surface area (Å²) in [5.41, 5.74) is 10.9. The molecular formula is C36H37FN2O. The molecule has 2 aliphatic rings. The van der Waals surface area contributed by atoms with Crippen molar-refractivity contribution in [2.75, 3.05) is 13.1 Å². The van der Waals surface area contributed by atoms with Crippen LogP contribution >= 0.6 is 0 Å². The second kappa shape index (κ2) is 11.0. The second-order valence-corrected chi connectivity index (χ2v) is 11.5. The van der Waals surface area contributed by atoms with Gasteiger partial charge in [0.25, 0.3) is 0 Å². The second-order valence-electron chi connectivity index (χ2n) is 11.5. The summed E-state index contributed by atoms with van der Waals surface area (Å²) >= 11 is 0. The Labute approximate surface area is 237 Å². The zero-order chi connectivity index (χ0) is 27.8. The Morgan fingerprint density at radius 1 is 0.825 bits per heavy atom. The Balaban J connectivity index is 1.36. The Bertz CT molecular complexity index is 1540. The van der Waals surface area contributed by atoms with E-state index < -0.39 is 0 Å². The van der Waals surface area contributed by atoms with Crippen LogP contribution in [-0.4, -0.2) is 34.8 Å². The summed E-state index contributed by atoms with van der Waals surface area (Å²) in [5.74, 6) is -0.194. The molecule has 0 bridgehead atoms. The summed E-state index contributed by atoms with van der Waals surface area (Å²) in [7, 11) is 0. The molecule has 1 atom stereocenters. The summed E-state index contributed by atoms with van der Waals surface area (Å²) in [6, 6.07) is 28.3. The van der Waals surface area contributed by atoms with Crippen molar-refractivity contribution in [3.05, 3.63) is 141 Å². The maximum absolute atomic E-state index is 14.8. The van der Waals surface area contributed by atoms with Gasteiger partial charge >= 0.3 is 0 Å². The Kier molecular flexibility index (Phi) is 7.29. The van der Waals surface area contributed by atoms with Gasteiger partial charge in [-0.2, -0.15) is 0 Å². The lowest BCUT2D eigenvalue weighted by Crippen LogP contribution is -2.48. The molecular weight excluding hydrogens is 495 g/mol. The van der Waals surface area contributed by atoms with Crippen LogP contribution in [0.4, 0.5) is 4.39 Å². The molecule has 0 spiro atoms. The fraction of sp³-hybridized carbons (Fsp3) is 0.306. The predicted octanol–water partition coefficient (Wildman–Crippen LogP) is 6.89. The topological polar surface area (TPSA) is 23.6 Å². The van der Waals surface area contributed by atoms with E-state index in [1.54, 1.807) is 12.1 Å². The van der Waals surface area contributed by atoms with Crippen molar-refractivity contribution in [2.45, 2.75) is 58.7 Å². The van der Waals surface area contributed by atoms with Gasteiger partial charge in [0.2, 0.25) is 5.91 Å². The van der Waals surface area contributed by atoms with Gasteiger partial charge in [0.05, 0.1) is 12.6 Å². The maximum atomic E-state index is 14.8. The minimum Gasteiger partial charge on any atom is -0.333 e. The number of amides is 1. The molecule has 0 saturated heterocycles. The molecule has 204 valence electrons. The van der Waals surface area contributed by atoms with Crippen molar-refractivity contribution in [3.63, 3.8) is 0 Å². The van der Waals surface area contributed by atoms with Gasteiger partial charge in [-0.15, -0.1) is 0 Å². The van der Waals surface area contributed by atoms with E-state index in [2.05, 4.69) is 86.3 Å². The molecule has 1 aliphatic heterocycles. The molecule has 1 amide bonds. The quantitative estimate of drug-likeness (QED) is 0.270. The van der Waals surface area contributed by atoms with Gasteiger partial charge in [-0.05, 0) is 90.6 Å². The van der Waals surface area contributed by atoms with Crippen LogP contribution in [-0.2, 0) is 30.6 Å². The zero-order valence-electron chi connectivity index (χ0n) is 23.7. The van der Waals surface area contributed by atoms with Gasteiger partial charge in [0.1, 0.15) is 5.82 Å². The Morgan fingerprint density at radius 2 is 1.50 bits per heavy atom. The summed E-state index contributed by atoms with van der Waals surface area (Å²) in [4.78, 5) is 18.7. The molecule has 0 aromatic heterocycles. The van der Waals surface area contributed by atoms with Gasteiger partial charge in [-0.25, -0.2) is 4.39 Å². The lowest BCUT2D eigenvalue weighted by atomic mass is 9.82. The third-order valence-corrected chi connectivity index (χ3v) is 9.09. The monoisotopic (exact) mass is 532 g/mol. The summed E-state index contributed by atoms with van der Waals surface area (Å²) in [6.07, 6.45) is 2.52. The number of rotatable bonds is 6. The SMILES string of the molecule is Cc1ccccc1[C@@H]1c2c(ccc(C)c2C)CCN1CC(=O)N(Cc1ccccc1F)C1Cc2ccccc2C1. The van der Waals surface area contributed by atoms with Crippen LogP contribution in [0, 0.1) is 26.6 Å². The molecule has 40 heavy (non-hydrogen) atoms. The Morgan fingerprint density at radius 3 is 2.23 bits per heavy atom. The van der Waals surface area contributed by atoms with Crippen molar-refractivity contribution in [2.24, 2.45) is 0 Å². The van der Waals surface area contributed by atoms with Gasteiger partial charge in [0, 0.05) is 24.7 Å². The number of halogens is 1. The molecule has 0 fully saturated rings. The van der Waals surface area contributed by atoms with Gasteiger partial charge in [-0.1, -0.05) is 78.9 Å². The minimum atomic E-state index is -0.258. The average Bonchev–Trinajstić information content (AvgIpc) is 3.39. The zero-order valence-corrected chi connectivity index (χ0v) is 23.7. The summed E-state index contributed by atoms with van der Waals surface area (Å²) in [5, 5.41) is 0. The number of hydrogen-bond donors (Lipinski definition) is 0. The molecule has 3 nitrogen and oxygen atoms in total. The van der Waals surface area contributed by atoms with Crippen LogP contribution in [0.3, 0.4) is 0 Å². The van der Waals surface area contributed by atoms with Crippen LogP contribution in [0.1, 0.15) is 56.1 Å². The number of fused-ring (bicyclic) bond motifs is 2. The molecule has 4 aromatic rings. The highest BCUT2D eigenvalue weighted by atomic mass is 19.1. The first-order chi connectivity index (χ1) is 19.4. The first-order valence-electron chi connectivity index (χ1n) is 14.4. The van der Waals surface area contributed by atoms with E-state index in [0.717, 1.165) is 25.8 Å². The molecule has 4 heteroatoms. The minimum absolute atomic E-state index is 0.00452. The van der Waals surface area contributed by atoms with E-state index in [1.165, 1.54) is 50.6 Å². The van der Waals surface area contributed by atoms with Crippen molar-refractivity contribution in [1.29, 1.82) is 0 Å². The van der Waals surface area contributed by atoms with Gasteiger partial charge in [0.15, 0.2) is 0 Å². The Hall–Kier alpha value is -3.76. The molecule has 6 rings (SSSR count). The van der Waals surface area contributed by atoms with Crippen molar-refractivity contribution >= 4 is 5.91 Å². The molecule has 4 aromatic carbocycles. The van der Waals surface area contributed by atoms with E-state index in [4.69, 9.17) is 0 Å². The first-order valence-corrected chi connectivity index (χ1v) is 14.4. The third kappa shape index (κ3) is 4.97. The van der Waals surface area contributed by atoms with Crippen LogP contribution in [0.25, 0.3) is 0 Å². The van der Waals surface area contributed by atoms with Gasteiger partial charge in [-0.3, -0.25) is 9.69 Å². The lowest BCUT2D eigenvalue weighted by Gasteiger charge is -2.41. The molecule has 0 radical (unpaired) electrons. The number of benzene rings is 4. The number of nitrogens with zero attached hydrogens (tertiary/aromatic N) is 2. The maximum Gasteiger partial charge on any atom is 0.237 e. The van der Waals surface area contributed by atoms with Crippen molar-refractivity contribution in [1.82, 2.24) is 9.80 Å². The molecule has 0 saturated carbocycles. The third-order valence-electron chi connectivity index (χ3n) is 9.09. The number of carbonyl (C=O) groups is 1. The normalized spacial score (nSPS) is 16.9. The summed E-state index contributed by atoms with van der Waals surface area (Å²) < 4.78 is 14.8. The highest BCUT2D eigenvalue weighted by Crippen LogP contribution is 2.39. The molecule has 1 heterocycles. The van der Waals surface area contributed by atoms with Crippen LogP contribution < -0.4 is 0 Å². The van der Waals surface area contributed by atoms with E-state index in [0.29, 0.717) is 12.1 Å². The van der Waals surface area contributed by atoms with E-state index in [9.17, 15) is 9.18 Å². The lowest BCUT2D eigenvalue weighted by molar-refractivity contribution is -0.136. The smallest absolute Gasteiger partial charge is 0.237 e. The van der Waals surface area contributed by atoms with Gasteiger partial charge < -0.3 is 4.90 Å². The van der Waals surface area contributed by atoms with E-state index in [1.807, 2.05) is 11.0 Å². The summed E-state index contributed by atoms with van der Waals surface area (Å²) in [6.45, 7) is 7.93. The van der Waals surface area contributed by atoms with Crippen molar-refractivity contribution in [3.8, 4) is 0 Å². The largest absolute Gasteiger partial charge is 0.333 e. The molecule has 0 unspecified atom stereocenters. The number of aryl methyl sites for hydroxylation is 2. The number of carbonyl (C=O) groups excluding carboxylic acids is 1. The average molecular weight is 533 g/mol. The van der Waals surface area contributed by atoms with E-state index in [-0.39, 0.29) is 30.4 Å². The first kappa shape index (κ1) is 26.5. The molecule has 1 aliphatic carbocycles. The molecule has 0 N–H and O–H groups in total. The van der Waals surface area contributed by atoms with E-state index >= 15 is 0 Å². The highest BCUT2D eigenvalue weighted by molar-refractivity contribution is 5.79. The fourth-order valence-corrected chi connectivity index (χ4v) is 6.74. The highest BCUT2D eigenvalue weighted by Gasteiger charge is 2.36. The predicted molar refractivity (Wildman–Crippen MR) is 159 cm³/mol.